The largest absolute Gasteiger partial charge is 0.464 e. The van der Waals surface area contributed by atoms with Crippen LogP contribution in [0.25, 0.3) is 0 Å². The maximum absolute atomic E-state index is 12.2. The van der Waals surface area contributed by atoms with E-state index in [-0.39, 0.29) is 18.5 Å². The van der Waals surface area contributed by atoms with Gasteiger partial charge in [-0.1, -0.05) is 30.3 Å². The first-order valence-corrected chi connectivity index (χ1v) is 8.26. The van der Waals surface area contributed by atoms with Gasteiger partial charge in [0.15, 0.2) is 0 Å². The van der Waals surface area contributed by atoms with Crippen molar-refractivity contribution >= 4 is 11.9 Å². The van der Waals surface area contributed by atoms with Gasteiger partial charge in [-0.2, -0.15) is 0 Å². The lowest BCUT2D eigenvalue weighted by molar-refractivity contribution is -0.148. The summed E-state index contributed by atoms with van der Waals surface area (Å²) in [4.78, 5) is 25.2. The minimum atomic E-state index is -0.362. The molecule has 5 heteroatoms. The summed E-state index contributed by atoms with van der Waals surface area (Å²) in [6.45, 7) is 3.69. The first-order chi connectivity index (χ1) is 11.2. The van der Waals surface area contributed by atoms with Gasteiger partial charge in [0.1, 0.15) is 6.61 Å². The number of ether oxygens (including phenoxy) is 2. The van der Waals surface area contributed by atoms with Crippen molar-refractivity contribution < 1.29 is 19.1 Å². The Morgan fingerprint density at radius 2 is 2.04 bits per heavy atom. The minimum absolute atomic E-state index is 0.0531. The zero-order valence-electron chi connectivity index (χ0n) is 13.7. The Morgan fingerprint density at radius 1 is 1.26 bits per heavy atom. The number of carbonyl (C=O) groups is 2. The molecule has 1 aliphatic heterocycles. The molecule has 5 nitrogen and oxygen atoms in total. The molecule has 1 fully saturated rings. The minimum Gasteiger partial charge on any atom is -0.464 e. The fourth-order valence-corrected chi connectivity index (χ4v) is 2.86. The topological polar surface area (TPSA) is 55.8 Å². The van der Waals surface area contributed by atoms with E-state index in [1.165, 1.54) is 5.56 Å². The highest BCUT2D eigenvalue weighted by Crippen LogP contribution is 2.28. The lowest BCUT2D eigenvalue weighted by Gasteiger charge is -2.20. The van der Waals surface area contributed by atoms with Crippen molar-refractivity contribution in [2.75, 3.05) is 32.9 Å². The molecule has 1 heterocycles. The van der Waals surface area contributed by atoms with Crippen molar-refractivity contribution in [1.29, 1.82) is 0 Å². The van der Waals surface area contributed by atoms with Gasteiger partial charge in [0.2, 0.25) is 5.91 Å². The normalized spacial score (nSPS) is 18.6. The molecule has 2 rings (SSSR count). The average molecular weight is 319 g/mol. The van der Waals surface area contributed by atoms with Gasteiger partial charge in [0, 0.05) is 19.5 Å². The van der Waals surface area contributed by atoms with Gasteiger partial charge < -0.3 is 14.4 Å². The van der Waals surface area contributed by atoms with E-state index >= 15 is 0 Å². The van der Waals surface area contributed by atoms with Crippen LogP contribution in [0.15, 0.2) is 30.3 Å². The molecule has 1 aliphatic rings. The summed E-state index contributed by atoms with van der Waals surface area (Å²) in [7, 11) is 0. The summed E-state index contributed by atoms with van der Waals surface area (Å²) >= 11 is 0. The monoisotopic (exact) mass is 319 g/mol. The van der Waals surface area contributed by atoms with E-state index in [1.54, 1.807) is 6.92 Å². The fourth-order valence-electron chi connectivity index (χ4n) is 2.86. The highest BCUT2D eigenvalue weighted by Gasteiger charge is 2.23. The molecule has 23 heavy (non-hydrogen) atoms. The Morgan fingerprint density at radius 3 is 2.78 bits per heavy atom. The Kier molecular flexibility index (Phi) is 7.07. The molecule has 1 aromatic rings. The molecule has 0 bridgehead atoms. The van der Waals surface area contributed by atoms with Gasteiger partial charge in [0.05, 0.1) is 13.2 Å². The number of nitrogens with zero attached hydrogens (tertiary/aromatic N) is 1. The average Bonchev–Trinajstić information content (AvgIpc) is 2.75. The van der Waals surface area contributed by atoms with Gasteiger partial charge in [-0.25, -0.2) is 4.79 Å². The molecule has 0 radical (unpaired) electrons. The molecule has 126 valence electrons. The molecule has 1 atom stereocenters. The quantitative estimate of drug-likeness (QED) is 0.572. The van der Waals surface area contributed by atoms with Crippen molar-refractivity contribution in [1.82, 2.24) is 4.90 Å². The third kappa shape index (κ3) is 5.67. The summed E-state index contributed by atoms with van der Waals surface area (Å²) in [6, 6.07) is 10.4. The molecule has 0 spiro atoms. The molecular weight excluding hydrogens is 294 g/mol. The fraction of sp³-hybridized carbons (Fsp3) is 0.556. The van der Waals surface area contributed by atoms with E-state index in [4.69, 9.17) is 9.47 Å². The molecule has 0 aromatic heterocycles. The number of likely N-dealkylation sites (tertiary alicyclic amines) is 1. The van der Waals surface area contributed by atoms with E-state index in [9.17, 15) is 9.59 Å². The Balaban J connectivity index is 1.76. The first kappa shape index (κ1) is 17.5. The van der Waals surface area contributed by atoms with E-state index < -0.39 is 0 Å². The number of amides is 1. The second-order valence-corrected chi connectivity index (χ2v) is 5.67. The van der Waals surface area contributed by atoms with Crippen LogP contribution >= 0.6 is 0 Å². The highest BCUT2D eigenvalue weighted by atomic mass is 16.6. The third-order valence-corrected chi connectivity index (χ3v) is 4.11. The predicted molar refractivity (Wildman–Crippen MR) is 87.1 cm³/mol. The molecule has 1 aromatic carbocycles. The van der Waals surface area contributed by atoms with Gasteiger partial charge in [-0.3, -0.25) is 4.79 Å². The molecule has 0 N–H and O–H groups in total. The van der Waals surface area contributed by atoms with Gasteiger partial charge in [-0.15, -0.1) is 0 Å². The predicted octanol–water partition coefficient (Wildman–Crippen LogP) is 2.36. The zero-order chi connectivity index (χ0) is 16.5. The number of rotatable bonds is 7. The number of carbonyl (C=O) groups excluding carboxylic acids is 2. The van der Waals surface area contributed by atoms with Crippen LogP contribution in [0.1, 0.15) is 37.7 Å². The standard InChI is InChI=1S/C18H25NO4/c1-2-23-18(21)14-22-13-12-19-11-10-16(8-9-17(19)20)15-6-4-3-5-7-15/h3-7,16H,2,8-14H2,1H3. The molecule has 1 unspecified atom stereocenters. The van der Waals surface area contributed by atoms with Crippen LogP contribution < -0.4 is 0 Å². The van der Waals surface area contributed by atoms with Crippen molar-refractivity contribution in [3.8, 4) is 0 Å². The van der Waals surface area contributed by atoms with Crippen LogP contribution in [0.3, 0.4) is 0 Å². The number of benzene rings is 1. The highest BCUT2D eigenvalue weighted by molar-refractivity contribution is 5.76. The van der Waals surface area contributed by atoms with Gasteiger partial charge >= 0.3 is 5.97 Å². The van der Waals surface area contributed by atoms with Crippen LogP contribution in [0, 0.1) is 0 Å². The van der Waals surface area contributed by atoms with Crippen molar-refractivity contribution in [3.05, 3.63) is 35.9 Å². The molecular formula is C18H25NO4. The maximum atomic E-state index is 12.2. The van der Waals surface area contributed by atoms with Crippen molar-refractivity contribution in [2.45, 2.75) is 32.1 Å². The van der Waals surface area contributed by atoms with Crippen LogP contribution in [-0.4, -0.2) is 49.7 Å². The summed E-state index contributed by atoms with van der Waals surface area (Å²) in [5, 5.41) is 0. The smallest absolute Gasteiger partial charge is 0.332 e. The van der Waals surface area contributed by atoms with Crippen LogP contribution in [0.5, 0.6) is 0 Å². The second-order valence-electron chi connectivity index (χ2n) is 5.67. The van der Waals surface area contributed by atoms with E-state index in [0.29, 0.717) is 32.1 Å². The lowest BCUT2D eigenvalue weighted by Crippen LogP contribution is -2.33. The molecule has 0 aliphatic carbocycles. The number of hydrogen-bond acceptors (Lipinski definition) is 4. The summed E-state index contributed by atoms with van der Waals surface area (Å²) < 4.78 is 10.1. The number of hydrogen-bond donors (Lipinski definition) is 0. The summed E-state index contributed by atoms with van der Waals surface area (Å²) in [5.41, 5.74) is 1.31. The lowest BCUT2D eigenvalue weighted by atomic mass is 9.92. The Labute approximate surface area is 137 Å². The van der Waals surface area contributed by atoms with Crippen molar-refractivity contribution in [2.24, 2.45) is 0 Å². The number of esters is 1. The van der Waals surface area contributed by atoms with Gasteiger partial charge in [-0.05, 0) is 31.2 Å². The SMILES string of the molecule is CCOC(=O)COCCN1CCC(c2ccccc2)CCC1=O. The first-order valence-electron chi connectivity index (χ1n) is 8.26. The summed E-state index contributed by atoms with van der Waals surface area (Å²) in [5.74, 6) is 0.243. The van der Waals surface area contributed by atoms with E-state index in [1.807, 2.05) is 23.1 Å². The van der Waals surface area contributed by atoms with Crippen LogP contribution in [0.4, 0.5) is 0 Å². The molecule has 0 saturated carbocycles. The van der Waals surface area contributed by atoms with E-state index in [0.717, 1.165) is 19.4 Å². The van der Waals surface area contributed by atoms with Crippen LogP contribution in [-0.2, 0) is 19.1 Å². The zero-order valence-corrected chi connectivity index (χ0v) is 13.7. The second kappa shape index (κ2) is 9.30. The molecule has 1 amide bonds. The third-order valence-electron chi connectivity index (χ3n) is 4.11. The Hall–Kier alpha value is -1.88. The summed E-state index contributed by atoms with van der Waals surface area (Å²) in [6.07, 6.45) is 2.42. The maximum Gasteiger partial charge on any atom is 0.332 e. The van der Waals surface area contributed by atoms with E-state index in [2.05, 4.69) is 12.1 Å². The van der Waals surface area contributed by atoms with Crippen molar-refractivity contribution in [3.63, 3.8) is 0 Å². The van der Waals surface area contributed by atoms with Gasteiger partial charge in [0.25, 0.3) is 0 Å². The molecule has 1 saturated heterocycles. The van der Waals surface area contributed by atoms with Crippen LogP contribution in [0.2, 0.25) is 0 Å². The Bertz CT molecular complexity index is 503.